The van der Waals surface area contributed by atoms with E-state index in [1.165, 1.54) is 32.1 Å². The van der Waals surface area contributed by atoms with E-state index in [0.29, 0.717) is 23.2 Å². The second-order valence-corrected chi connectivity index (χ2v) is 9.06. The highest BCUT2D eigenvalue weighted by atomic mass is 16.3. The van der Waals surface area contributed by atoms with Crippen molar-refractivity contribution < 1.29 is 5.11 Å². The maximum Gasteiger partial charge on any atom is 0.332 e. The first-order chi connectivity index (χ1) is 12.7. The lowest BCUT2D eigenvalue weighted by Crippen LogP contribution is -2.48. The first kappa shape index (κ1) is 15.1. The van der Waals surface area contributed by atoms with Crippen LogP contribution < -0.4 is 5.69 Å². The van der Waals surface area contributed by atoms with Crippen molar-refractivity contribution in [1.82, 2.24) is 14.1 Å². The topological polar surface area (TPSA) is 60.1 Å². The molecule has 136 valence electrons. The maximum absolute atomic E-state index is 13.4. The van der Waals surface area contributed by atoms with Crippen molar-refractivity contribution in [3.05, 3.63) is 34.9 Å². The molecule has 5 nitrogen and oxygen atoms in total. The molecular weight excluding hydrogens is 326 g/mol. The van der Waals surface area contributed by atoms with Crippen LogP contribution in [0.4, 0.5) is 0 Å². The van der Waals surface area contributed by atoms with Gasteiger partial charge < -0.3 is 5.11 Å². The fourth-order valence-electron chi connectivity index (χ4n) is 6.52. The summed E-state index contributed by atoms with van der Waals surface area (Å²) in [7, 11) is 0. The first-order valence-electron chi connectivity index (χ1n) is 10.2. The molecule has 0 aliphatic heterocycles. The Balaban J connectivity index is 1.52. The van der Waals surface area contributed by atoms with E-state index in [1.807, 2.05) is 22.8 Å². The average molecular weight is 351 g/mol. The number of hydrogen-bond acceptors (Lipinski definition) is 3. The van der Waals surface area contributed by atoms with Crippen molar-refractivity contribution in [3.63, 3.8) is 0 Å². The molecule has 7 rings (SSSR count). The Bertz CT molecular complexity index is 881. The molecule has 2 heterocycles. The standard InChI is InChI=1S/C21H25N3O2/c25-20-19(17-3-1-2-6-22-17)23(16-4-5-16)21(26)24(20)18-14-8-12-7-13(10-14)11-15(18)9-12/h1-3,6,12-16,18,25H,4-5,7-11H2. The highest BCUT2D eigenvalue weighted by Gasteiger charge is 2.50. The van der Waals surface area contributed by atoms with Gasteiger partial charge in [0, 0.05) is 18.3 Å². The summed E-state index contributed by atoms with van der Waals surface area (Å²) in [5, 5.41) is 11.2. The zero-order valence-corrected chi connectivity index (χ0v) is 14.9. The second-order valence-electron chi connectivity index (χ2n) is 9.06. The van der Waals surface area contributed by atoms with Gasteiger partial charge in [0.1, 0.15) is 5.69 Å². The lowest BCUT2D eigenvalue weighted by atomic mass is 9.54. The van der Waals surface area contributed by atoms with E-state index in [-0.39, 0.29) is 23.7 Å². The number of rotatable bonds is 3. The summed E-state index contributed by atoms with van der Waals surface area (Å²) in [5.74, 6) is 2.97. The highest BCUT2D eigenvalue weighted by Crippen LogP contribution is 2.59. The van der Waals surface area contributed by atoms with Gasteiger partial charge in [-0.3, -0.25) is 14.1 Å². The van der Waals surface area contributed by atoms with Crippen LogP contribution in [0.1, 0.15) is 57.0 Å². The molecule has 5 aliphatic carbocycles. The fraction of sp³-hybridized carbons (Fsp3) is 0.619. The average Bonchev–Trinajstić information content (AvgIpc) is 3.43. The molecule has 5 heteroatoms. The Morgan fingerprint density at radius 2 is 1.65 bits per heavy atom. The summed E-state index contributed by atoms with van der Waals surface area (Å²) in [4.78, 5) is 17.9. The predicted molar refractivity (Wildman–Crippen MR) is 97.9 cm³/mol. The van der Waals surface area contributed by atoms with E-state index in [0.717, 1.165) is 24.7 Å². The van der Waals surface area contributed by atoms with Gasteiger partial charge in [-0.1, -0.05) is 6.07 Å². The van der Waals surface area contributed by atoms with E-state index in [1.54, 1.807) is 10.8 Å². The molecule has 0 spiro atoms. The number of hydrogen-bond donors (Lipinski definition) is 1. The SMILES string of the molecule is O=c1n(C2CC2)c(-c2ccccn2)c(O)n1C1C2CC3CC(C2)CC1C3. The minimum absolute atomic E-state index is 0.0110. The minimum Gasteiger partial charge on any atom is -0.493 e. The van der Waals surface area contributed by atoms with Gasteiger partial charge in [0.25, 0.3) is 0 Å². The third-order valence-corrected chi connectivity index (χ3v) is 7.39. The second kappa shape index (κ2) is 5.24. The van der Waals surface area contributed by atoms with Gasteiger partial charge in [0.15, 0.2) is 0 Å². The molecule has 2 aromatic rings. The van der Waals surface area contributed by atoms with Crippen molar-refractivity contribution in [3.8, 4) is 17.3 Å². The highest BCUT2D eigenvalue weighted by molar-refractivity contribution is 5.61. The van der Waals surface area contributed by atoms with Crippen LogP contribution in [0.2, 0.25) is 0 Å². The molecule has 5 saturated carbocycles. The number of imidazole rings is 1. The van der Waals surface area contributed by atoms with Gasteiger partial charge in [-0.2, -0.15) is 0 Å². The maximum atomic E-state index is 13.4. The predicted octanol–water partition coefficient (Wildman–Crippen LogP) is 3.75. The third-order valence-electron chi connectivity index (χ3n) is 7.39. The Labute approximate surface area is 152 Å². The van der Waals surface area contributed by atoms with Crippen molar-refractivity contribution in [2.24, 2.45) is 23.7 Å². The van der Waals surface area contributed by atoms with Crippen LogP contribution >= 0.6 is 0 Å². The molecule has 0 amide bonds. The lowest BCUT2D eigenvalue weighted by Gasteiger charge is -2.54. The van der Waals surface area contributed by atoms with Crippen molar-refractivity contribution in [2.45, 2.75) is 57.0 Å². The molecule has 0 unspecified atom stereocenters. The zero-order valence-electron chi connectivity index (χ0n) is 14.9. The third kappa shape index (κ3) is 2.03. The van der Waals surface area contributed by atoms with Crippen LogP contribution in [-0.2, 0) is 0 Å². The van der Waals surface area contributed by atoms with Gasteiger partial charge >= 0.3 is 5.69 Å². The molecule has 5 fully saturated rings. The van der Waals surface area contributed by atoms with Gasteiger partial charge in [0.2, 0.25) is 5.88 Å². The summed E-state index contributed by atoms with van der Waals surface area (Å²) in [6, 6.07) is 6.09. The van der Waals surface area contributed by atoms with E-state index in [4.69, 9.17) is 0 Å². The number of nitrogens with zero attached hydrogens (tertiary/aromatic N) is 3. The van der Waals surface area contributed by atoms with Crippen LogP contribution in [0.25, 0.3) is 11.4 Å². The Morgan fingerprint density at radius 1 is 0.962 bits per heavy atom. The van der Waals surface area contributed by atoms with E-state index in [2.05, 4.69) is 4.98 Å². The molecule has 2 aromatic heterocycles. The number of aromatic nitrogens is 3. The van der Waals surface area contributed by atoms with Crippen LogP contribution in [0.5, 0.6) is 5.88 Å². The van der Waals surface area contributed by atoms with Gasteiger partial charge in [-0.05, 0) is 80.8 Å². The molecule has 0 aromatic carbocycles. The van der Waals surface area contributed by atoms with Crippen LogP contribution in [0.3, 0.4) is 0 Å². The van der Waals surface area contributed by atoms with Crippen LogP contribution in [-0.4, -0.2) is 19.2 Å². The number of aromatic hydroxyl groups is 1. The molecule has 5 aliphatic rings. The largest absolute Gasteiger partial charge is 0.493 e. The molecule has 4 bridgehead atoms. The van der Waals surface area contributed by atoms with E-state index in [9.17, 15) is 9.90 Å². The first-order valence-corrected chi connectivity index (χ1v) is 10.2. The Hall–Kier alpha value is -2.04. The number of pyridine rings is 1. The quantitative estimate of drug-likeness (QED) is 0.916. The molecular formula is C21H25N3O2. The fourth-order valence-corrected chi connectivity index (χ4v) is 6.52. The minimum atomic E-state index is -0.0110. The molecule has 0 saturated heterocycles. The summed E-state index contributed by atoms with van der Waals surface area (Å²) < 4.78 is 3.61. The Morgan fingerprint density at radius 3 is 2.23 bits per heavy atom. The summed E-state index contributed by atoms with van der Waals surface area (Å²) in [6.45, 7) is 0. The van der Waals surface area contributed by atoms with Crippen molar-refractivity contribution in [2.75, 3.05) is 0 Å². The monoisotopic (exact) mass is 351 g/mol. The van der Waals surface area contributed by atoms with E-state index >= 15 is 0 Å². The smallest absolute Gasteiger partial charge is 0.332 e. The summed E-state index contributed by atoms with van der Waals surface area (Å²) >= 11 is 0. The summed E-state index contributed by atoms with van der Waals surface area (Å²) in [5.41, 5.74) is 1.33. The van der Waals surface area contributed by atoms with Gasteiger partial charge in [-0.15, -0.1) is 0 Å². The van der Waals surface area contributed by atoms with E-state index < -0.39 is 0 Å². The Kier molecular flexibility index (Phi) is 3.04. The lowest BCUT2D eigenvalue weighted by molar-refractivity contribution is -0.0326. The zero-order chi connectivity index (χ0) is 17.4. The van der Waals surface area contributed by atoms with Gasteiger partial charge in [0.05, 0.1) is 5.69 Å². The van der Waals surface area contributed by atoms with Crippen LogP contribution in [0, 0.1) is 23.7 Å². The molecule has 1 N–H and O–H groups in total. The van der Waals surface area contributed by atoms with Crippen molar-refractivity contribution in [1.29, 1.82) is 0 Å². The van der Waals surface area contributed by atoms with Crippen LogP contribution in [0.15, 0.2) is 29.2 Å². The normalized spacial score (nSPS) is 35.2. The van der Waals surface area contributed by atoms with Crippen molar-refractivity contribution >= 4 is 0 Å². The van der Waals surface area contributed by atoms with Gasteiger partial charge in [-0.25, -0.2) is 4.79 Å². The molecule has 0 atom stereocenters. The summed E-state index contributed by atoms with van der Waals surface area (Å²) in [6.07, 6.45) is 10.1. The molecule has 0 radical (unpaired) electrons. The molecule has 26 heavy (non-hydrogen) atoms.